The van der Waals surface area contributed by atoms with Gasteiger partial charge in [-0.05, 0) is 50.1 Å². The number of ether oxygens (including phenoxy) is 1. The molecule has 1 N–H and O–H groups in total. The number of benzene rings is 1. The lowest BCUT2D eigenvalue weighted by molar-refractivity contribution is 0.412. The summed E-state index contributed by atoms with van der Waals surface area (Å²) in [6.07, 6.45) is 0. The Kier molecular flexibility index (Phi) is 5.07. The van der Waals surface area contributed by atoms with Crippen molar-refractivity contribution in [2.45, 2.75) is 34.2 Å². The van der Waals surface area contributed by atoms with E-state index in [1.165, 1.54) is 17.0 Å². The molecular formula is C18H26N2O. The quantitative estimate of drug-likeness (QED) is 0.873. The first-order valence-corrected chi connectivity index (χ1v) is 7.56. The highest BCUT2D eigenvalue weighted by atomic mass is 16.5. The molecule has 0 saturated carbocycles. The molecular weight excluding hydrogens is 260 g/mol. The zero-order valence-corrected chi connectivity index (χ0v) is 13.7. The summed E-state index contributed by atoms with van der Waals surface area (Å²) in [7, 11) is 1.72. The third-order valence-electron chi connectivity index (χ3n) is 3.73. The van der Waals surface area contributed by atoms with Gasteiger partial charge in [-0.3, -0.25) is 0 Å². The van der Waals surface area contributed by atoms with E-state index in [0.29, 0.717) is 5.92 Å². The Morgan fingerprint density at radius 2 is 1.90 bits per heavy atom. The second-order valence-electron chi connectivity index (χ2n) is 5.93. The SMILES string of the molecule is COc1ccccc1-n1c(C)cc(CNCC(C)C)c1C. The van der Waals surface area contributed by atoms with Crippen molar-refractivity contribution in [2.75, 3.05) is 13.7 Å². The standard InChI is InChI=1S/C18H26N2O/c1-13(2)11-19-12-16-10-14(3)20(15(16)4)17-8-6-7-9-18(17)21-5/h6-10,13,19H,11-12H2,1-5H3. The molecule has 2 rings (SSSR count). The molecule has 114 valence electrons. The number of nitrogens with zero attached hydrogens (tertiary/aromatic N) is 1. The average Bonchev–Trinajstić information content (AvgIpc) is 2.73. The number of para-hydroxylation sites is 2. The van der Waals surface area contributed by atoms with Gasteiger partial charge in [0.2, 0.25) is 0 Å². The molecule has 0 aliphatic rings. The highest BCUT2D eigenvalue weighted by molar-refractivity contribution is 5.50. The Labute approximate surface area is 127 Å². The molecule has 2 aromatic rings. The molecule has 1 aromatic carbocycles. The van der Waals surface area contributed by atoms with E-state index in [-0.39, 0.29) is 0 Å². The maximum absolute atomic E-state index is 5.50. The lowest BCUT2D eigenvalue weighted by Crippen LogP contribution is -2.19. The second kappa shape index (κ2) is 6.81. The van der Waals surface area contributed by atoms with Crippen LogP contribution < -0.4 is 10.1 Å². The Balaban J connectivity index is 2.31. The fourth-order valence-corrected chi connectivity index (χ4v) is 2.69. The van der Waals surface area contributed by atoms with Crippen molar-refractivity contribution < 1.29 is 4.74 Å². The van der Waals surface area contributed by atoms with Gasteiger partial charge in [-0.1, -0.05) is 26.0 Å². The van der Waals surface area contributed by atoms with Crippen LogP contribution in [-0.4, -0.2) is 18.2 Å². The molecule has 0 atom stereocenters. The molecule has 0 amide bonds. The van der Waals surface area contributed by atoms with Crippen molar-refractivity contribution in [3.63, 3.8) is 0 Å². The Bertz CT molecular complexity index is 599. The minimum absolute atomic E-state index is 0.669. The fourth-order valence-electron chi connectivity index (χ4n) is 2.69. The lowest BCUT2D eigenvalue weighted by Gasteiger charge is -2.14. The van der Waals surface area contributed by atoms with Crippen LogP contribution in [0.25, 0.3) is 5.69 Å². The van der Waals surface area contributed by atoms with E-state index in [0.717, 1.165) is 24.5 Å². The summed E-state index contributed by atoms with van der Waals surface area (Å²) >= 11 is 0. The largest absolute Gasteiger partial charge is 0.495 e. The van der Waals surface area contributed by atoms with Crippen molar-refractivity contribution in [2.24, 2.45) is 5.92 Å². The van der Waals surface area contributed by atoms with Gasteiger partial charge in [-0.2, -0.15) is 0 Å². The molecule has 1 heterocycles. The van der Waals surface area contributed by atoms with Gasteiger partial charge in [0.25, 0.3) is 0 Å². The van der Waals surface area contributed by atoms with E-state index in [4.69, 9.17) is 4.74 Å². The number of nitrogens with one attached hydrogen (secondary N) is 1. The highest BCUT2D eigenvalue weighted by Gasteiger charge is 2.13. The molecule has 0 aliphatic heterocycles. The minimum atomic E-state index is 0.669. The number of hydrogen-bond acceptors (Lipinski definition) is 2. The van der Waals surface area contributed by atoms with Crippen LogP contribution in [0, 0.1) is 19.8 Å². The first-order chi connectivity index (χ1) is 10.0. The van der Waals surface area contributed by atoms with Crippen LogP contribution in [-0.2, 0) is 6.54 Å². The molecule has 3 heteroatoms. The van der Waals surface area contributed by atoms with Crippen LogP contribution >= 0.6 is 0 Å². The molecule has 0 radical (unpaired) electrons. The Hall–Kier alpha value is -1.74. The molecule has 0 saturated heterocycles. The monoisotopic (exact) mass is 286 g/mol. The molecule has 0 aliphatic carbocycles. The summed E-state index contributed by atoms with van der Waals surface area (Å²) in [6, 6.07) is 10.4. The predicted octanol–water partition coefficient (Wildman–Crippen LogP) is 3.85. The number of methoxy groups -OCH3 is 1. The van der Waals surface area contributed by atoms with E-state index in [1.807, 2.05) is 18.2 Å². The molecule has 0 unspecified atom stereocenters. The van der Waals surface area contributed by atoms with Gasteiger partial charge >= 0.3 is 0 Å². The first-order valence-electron chi connectivity index (χ1n) is 7.56. The fraction of sp³-hybridized carbons (Fsp3) is 0.444. The van der Waals surface area contributed by atoms with E-state index < -0.39 is 0 Å². The van der Waals surface area contributed by atoms with Crippen molar-refractivity contribution >= 4 is 0 Å². The van der Waals surface area contributed by atoms with Gasteiger partial charge in [-0.15, -0.1) is 0 Å². The highest BCUT2D eigenvalue weighted by Crippen LogP contribution is 2.27. The van der Waals surface area contributed by atoms with Gasteiger partial charge < -0.3 is 14.6 Å². The van der Waals surface area contributed by atoms with Gasteiger partial charge in [-0.25, -0.2) is 0 Å². The van der Waals surface area contributed by atoms with Crippen LogP contribution in [0.1, 0.15) is 30.8 Å². The predicted molar refractivity (Wildman–Crippen MR) is 88.3 cm³/mol. The molecule has 0 bridgehead atoms. The summed E-state index contributed by atoms with van der Waals surface area (Å²) < 4.78 is 7.76. The average molecular weight is 286 g/mol. The summed E-state index contributed by atoms with van der Waals surface area (Å²) in [5, 5.41) is 3.52. The molecule has 21 heavy (non-hydrogen) atoms. The molecule has 0 fully saturated rings. The van der Waals surface area contributed by atoms with Gasteiger partial charge in [0, 0.05) is 17.9 Å². The molecule has 0 spiro atoms. The summed E-state index contributed by atoms with van der Waals surface area (Å²) in [6.45, 7) is 10.7. The maximum Gasteiger partial charge on any atom is 0.142 e. The Morgan fingerprint density at radius 1 is 1.19 bits per heavy atom. The Morgan fingerprint density at radius 3 is 2.57 bits per heavy atom. The number of aryl methyl sites for hydroxylation is 1. The molecule has 1 aromatic heterocycles. The van der Waals surface area contributed by atoms with Crippen molar-refractivity contribution in [1.82, 2.24) is 9.88 Å². The van der Waals surface area contributed by atoms with Crippen LogP contribution in [0.5, 0.6) is 5.75 Å². The zero-order chi connectivity index (χ0) is 15.4. The number of hydrogen-bond donors (Lipinski definition) is 1. The van der Waals surface area contributed by atoms with Crippen LogP contribution in [0.3, 0.4) is 0 Å². The van der Waals surface area contributed by atoms with Crippen LogP contribution in [0.2, 0.25) is 0 Å². The third-order valence-corrected chi connectivity index (χ3v) is 3.73. The van der Waals surface area contributed by atoms with Crippen LogP contribution in [0.4, 0.5) is 0 Å². The first kappa shape index (κ1) is 15.6. The van der Waals surface area contributed by atoms with E-state index >= 15 is 0 Å². The second-order valence-corrected chi connectivity index (χ2v) is 5.93. The zero-order valence-electron chi connectivity index (χ0n) is 13.7. The van der Waals surface area contributed by atoms with E-state index in [2.05, 4.69) is 49.7 Å². The topological polar surface area (TPSA) is 26.2 Å². The van der Waals surface area contributed by atoms with Crippen LogP contribution in [0.15, 0.2) is 30.3 Å². The van der Waals surface area contributed by atoms with Gasteiger partial charge in [0.1, 0.15) is 5.75 Å². The van der Waals surface area contributed by atoms with Gasteiger partial charge in [0.05, 0.1) is 12.8 Å². The van der Waals surface area contributed by atoms with E-state index in [1.54, 1.807) is 7.11 Å². The number of rotatable bonds is 6. The summed E-state index contributed by atoms with van der Waals surface area (Å²) in [5.41, 5.74) is 4.95. The summed E-state index contributed by atoms with van der Waals surface area (Å²) in [4.78, 5) is 0. The smallest absolute Gasteiger partial charge is 0.142 e. The van der Waals surface area contributed by atoms with Crippen molar-refractivity contribution in [3.05, 3.63) is 47.3 Å². The van der Waals surface area contributed by atoms with Crippen molar-refractivity contribution in [3.8, 4) is 11.4 Å². The summed E-state index contributed by atoms with van der Waals surface area (Å²) in [5.74, 6) is 1.57. The van der Waals surface area contributed by atoms with Gasteiger partial charge in [0.15, 0.2) is 0 Å². The third kappa shape index (κ3) is 3.48. The maximum atomic E-state index is 5.50. The minimum Gasteiger partial charge on any atom is -0.495 e. The van der Waals surface area contributed by atoms with E-state index in [9.17, 15) is 0 Å². The molecule has 3 nitrogen and oxygen atoms in total. The number of aromatic nitrogens is 1. The van der Waals surface area contributed by atoms with Crippen molar-refractivity contribution in [1.29, 1.82) is 0 Å². The normalized spacial score (nSPS) is 11.1. The lowest BCUT2D eigenvalue weighted by atomic mass is 10.2.